The molecule has 0 fully saturated rings. The Morgan fingerprint density at radius 1 is 1.50 bits per heavy atom. The van der Waals surface area contributed by atoms with Gasteiger partial charge in [0.2, 0.25) is 0 Å². The summed E-state index contributed by atoms with van der Waals surface area (Å²) >= 11 is 5.91. The predicted molar refractivity (Wildman–Crippen MR) is 55.0 cm³/mol. The minimum Gasteiger partial charge on any atom is -0.392 e. The molecule has 14 heavy (non-hydrogen) atoms. The van der Waals surface area contributed by atoms with Crippen LogP contribution in [0, 0.1) is 0 Å². The number of nitrogens with zero attached hydrogens (tertiary/aromatic N) is 2. The number of aliphatic hydroxyl groups is 1. The maximum atomic E-state index is 8.65. The predicted octanol–water partition coefficient (Wildman–Crippen LogP) is 1.62. The van der Waals surface area contributed by atoms with Crippen LogP contribution < -0.4 is 0 Å². The maximum Gasteiger partial charge on any atom is 0.142 e. The zero-order chi connectivity index (χ0) is 9.97. The highest BCUT2D eigenvalue weighted by atomic mass is 35.5. The van der Waals surface area contributed by atoms with Gasteiger partial charge in [-0.05, 0) is 0 Å². The molecule has 0 saturated heterocycles. The maximum absolute atomic E-state index is 8.65. The van der Waals surface area contributed by atoms with Crippen molar-refractivity contribution >= 4 is 28.7 Å². The van der Waals surface area contributed by atoms with Gasteiger partial charge in [0.15, 0.2) is 0 Å². The van der Waals surface area contributed by atoms with Crippen molar-refractivity contribution in [3.8, 4) is 0 Å². The van der Waals surface area contributed by atoms with Crippen molar-refractivity contribution in [1.82, 2.24) is 15.0 Å². The number of halogens is 1. The summed E-state index contributed by atoms with van der Waals surface area (Å²) in [5.74, 6) is 0. The van der Waals surface area contributed by atoms with Crippen molar-refractivity contribution in [2.45, 2.75) is 0 Å². The summed E-state index contributed by atoms with van der Waals surface area (Å²) in [7, 11) is 0. The van der Waals surface area contributed by atoms with E-state index in [-0.39, 0.29) is 6.61 Å². The normalized spacial score (nSPS) is 11.6. The molecule has 0 amide bonds. The Morgan fingerprint density at radius 3 is 3.14 bits per heavy atom. The van der Waals surface area contributed by atoms with Crippen molar-refractivity contribution in [1.29, 1.82) is 0 Å². The molecule has 0 aliphatic heterocycles. The third-order valence-corrected chi connectivity index (χ3v) is 2.14. The molecule has 0 aliphatic carbocycles. The molecule has 5 heteroatoms. The van der Waals surface area contributed by atoms with E-state index in [9.17, 15) is 0 Å². The quantitative estimate of drug-likeness (QED) is 0.739. The van der Waals surface area contributed by atoms with Crippen LogP contribution in [0.1, 0.15) is 5.56 Å². The van der Waals surface area contributed by atoms with Crippen LogP contribution in [0.5, 0.6) is 0 Å². The van der Waals surface area contributed by atoms with Gasteiger partial charge in [-0.2, -0.15) is 0 Å². The van der Waals surface area contributed by atoms with E-state index in [1.54, 1.807) is 18.3 Å². The fourth-order valence-electron chi connectivity index (χ4n) is 1.26. The third kappa shape index (κ3) is 1.49. The van der Waals surface area contributed by atoms with E-state index in [4.69, 9.17) is 16.7 Å². The van der Waals surface area contributed by atoms with Crippen LogP contribution in [0.2, 0.25) is 5.15 Å². The van der Waals surface area contributed by atoms with Crippen LogP contribution >= 0.6 is 11.6 Å². The molecular formula is C9H8ClN3O. The minimum atomic E-state index is -0.00200. The van der Waals surface area contributed by atoms with Crippen molar-refractivity contribution in [2.24, 2.45) is 0 Å². The average molecular weight is 210 g/mol. The SMILES string of the molecule is OC/C=C/c1c[nH]c2ncnc(Cl)c12. The Labute approximate surface area is 85.3 Å². The first kappa shape index (κ1) is 9.18. The first-order valence-electron chi connectivity index (χ1n) is 4.08. The van der Waals surface area contributed by atoms with Crippen molar-refractivity contribution in [3.05, 3.63) is 29.3 Å². The van der Waals surface area contributed by atoms with E-state index >= 15 is 0 Å². The fourth-order valence-corrected chi connectivity index (χ4v) is 1.50. The third-order valence-electron chi connectivity index (χ3n) is 1.86. The van der Waals surface area contributed by atoms with E-state index in [0.29, 0.717) is 10.8 Å². The van der Waals surface area contributed by atoms with Crippen LogP contribution in [-0.2, 0) is 0 Å². The van der Waals surface area contributed by atoms with Gasteiger partial charge in [-0.25, -0.2) is 9.97 Å². The largest absolute Gasteiger partial charge is 0.392 e. The van der Waals surface area contributed by atoms with E-state index < -0.39 is 0 Å². The lowest BCUT2D eigenvalue weighted by atomic mass is 10.2. The molecule has 0 atom stereocenters. The zero-order valence-corrected chi connectivity index (χ0v) is 7.99. The smallest absolute Gasteiger partial charge is 0.142 e. The van der Waals surface area contributed by atoms with Crippen molar-refractivity contribution < 1.29 is 5.11 Å². The van der Waals surface area contributed by atoms with Gasteiger partial charge in [-0.1, -0.05) is 23.8 Å². The number of H-pyrrole nitrogens is 1. The number of fused-ring (bicyclic) bond motifs is 1. The van der Waals surface area contributed by atoms with Crippen LogP contribution in [-0.4, -0.2) is 26.7 Å². The number of hydrogen-bond donors (Lipinski definition) is 2. The van der Waals surface area contributed by atoms with E-state index in [1.165, 1.54) is 6.33 Å². The van der Waals surface area contributed by atoms with Gasteiger partial charge in [0.05, 0.1) is 12.0 Å². The molecule has 2 heterocycles. The molecule has 0 bridgehead atoms. The summed E-state index contributed by atoms with van der Waals surface area (Å²) < 4.78 is 0. The van der Waals surface area contributed by atoms with E-state index in [2.05, 4.69) is 15.0 Å². The highest BCUT2D eigenvalue weighted by molar-refractivity contribution is 6.34. The lowest BCUT2D eigenvalue weighted by Crippen LogP contribution is -1.81. The van der Waals surface area contributed by atoms with E-state index in [0.717, 1.165) is 10.9 Å². The Morgan fingerprint density at radius 2 is 2.36 bits per heavy atom. The number of aromatic nitrogens is 3. The fraction of sp³-hybridized carbons (Fsp3) is 0.111. The molecular weight excluding hydrogens is 202 g/mol. The number of aliphatic hydroxyl groups excluding tert-OH is 1. The molecule has 72 valence electrons. The van der Waals surface area contributed by atoms with Crippen molar-refractivity contribution in [3.63, 3.8) is 0 Å². The monoisotopic (exact) mass is 209 g/mol. The van der Waals surface area contributed by atoms with Gasteiger partial charge < -0.3 is 10.1 Å². The molecule has 0 unspecified atom stereocenters. The molecule has 2 N–H and O–H groups in total. The molecule has 4 nitrogen and oxygen atoms in total. The van der Waals surface area contributed by atoms with Crippen molar-refractivity contribution in [2.75, 3.05) is 6.61 Å². The molecule has 0 radical (unpaired) electrons. The Hall–Kier alpha value is -1.39. The average Bonchev–Trinajstić information content (AvgIpc) is 2.59. The molecule has 0 aromatic carbocycles. The highest BCUT2D eigenvalue weighted by Gasteiger charge is 2.06. The Kier molecular flexibility index (Phi) is 2.47. The lowest BCUT2D eigenvalue weighted by molar-refractivity contribution is 0.343. The number of hydrogen-bond acceptors (Lipinski definition) is 3. The van der Waals surface area contributed by atoms with Gasteiger partial charge in [-0.15, -0.1) is 0 Å². The highest BCUT2D eigenvalue weighted by Crippen LogP contribution is 2.23. The number of aromatic amines is 1. The van der Waals surface area contributed by atoms with Gasteiger partial charge in [-0.3, -0.25) is 0 Å². The van der Waals surface area contributed by atoms with Crippen LogP contribution in [0.3, 0.4) is 0 Å². The first-order valence-corrected chi connectivity index (χ1v) is 4.45. The lowest BCUT2D eigenvalue weighted by Gasteiger charge is -1.92. The van der Waals surface area contributed by atoms with Gasteiger partial charge in [0.1, 0.15) is 17.1 Å². The molecule has 0 aliphatic rings. The summed E-state index contributed by atoms with van der Waals surface area (Å²) in [6, 6.07) is 0. The number of rotatable bonds is 2. The van der Waals surface area contributed by atoms with Crippen LogP contribution in [0.15, 0.2) is 18.6 Å². The molecule has 0 saturated carbocycles. The summed E-state index contributed by atoms with van der Waals surface area (Å²) in [6.45, 7) is -0.00200. The first-order chi connectivity index (χ1) is 6.83. The van der Waals surface area contributed by atoms with Gasteiger partial charge >= 0.3 is 0 Å². The molecule has 0 spiro atoms. The summed E-state index contributed by atoms with van der Waals surface area (Å²) in [5, 5.41) is 9.83. The second-order valence-electron chi connectivity index (χ2n) is 2.72. The van der Waals surface area contributed by atoms with Gasteiger partial charge in [0.25, 0.3) is 0 Å². The standard InChI is InChI=1S/C9H8ClN3O/c10-8-7-6(2-1-3-14)4-11-9(7)13-5-12-8/h1-2,4-5,14H,3H2,(H,11,12,13)/b2-1+. The molecule has 2 aromatic rings. The molecule has 2 rings (SSSR count). The van der Waals surface area contributed by atoms with Crippen LogP contribution in [0.4, 0.5) is 0 Å². The zero-order valence-electron chi connectivity index (χ0n) is 7.24. The number of nitrogens with one attached hydrogen (secondary N) is 1. The summed E-state index contributed by atoms with van der Waals surface area (Å²) in [5.41, 5.74) is 1.57. The summed E-state index contributed by atoms with van der Waals surface area (Å²) in [4.78, 5) is 10.9. The summed E-state index contributed by atoms with van der Waals surface area (Å²) in [6.07, 6.45) is 6.58. The van der Waals surface area contributed by atoms with Crippen LogP contribution in [0.25, 0.3) is 17.1 Å². The Balaban J connectivity index is 2.61. The topological polar surface area (TPSA) is 61.8 Å². The Bertz CT molecular complexity index is 478. The second kappa shape index (κ2) is 3.77. The molecule has 2 aromatic heterocycles. The van der Waals surface area contributed by atoms with E-state index in [1.807, 2.05) is 0 Å². The minimum absolute atomic E-state index is 0.00200. The van der Waals surface area contributed by atoms with Gasteiger partial charge in [0, 0.05) is 11.8 Å². The second-order valence-corrected chi connectivity index (χ2v) is 3.08.